The number of alkyl halides is 3. The number of carboxylic acid groups (broad SMARTS) is 1. The van der Waals surface area contributed by atoms with Crippen LogP contribution in [0.3, 0.4) is 0 Å². The molecular formula is C12H12F3N3O2. The largest absolute Gasteiger partial charge is 0.481 e. The fraction of sp³-hybridized carbons (Fsp3) is 0.417. The summed E-state index contributed by atoms with van der Waals surface area (Å²) in [5, 5.41) is 20.2. The summed E-state index contributed by atoms with van der Waals surface area (Å²) < 4.78 is 37.7. The summed E-state index contributed by atoms with van der Waals surface area (Å²) in [5.74, 6) is -1.40. The molecule has 0 saturated heterocycles. The molecule has 0 radical (unpaired) electrons. The van der Waals surface area contributed by atoms with Gasteiger partial charge in [-0.2, -0.15) is 18.4 Å². The third-order valence-electron chi connectivity index (χ3n) is 2.36. The average Bonchev–Trinajstić information content (AvgIpc) is 2.25. The molecule has 8 heteroatoms. The number of rotatable bonds is 4. The number of halogens is 3. The molecule has 0 atom stereocenters. The van der Waals surface area contributed by atoms with Crippen molar-refractivity contribution >= 4 is 11.8 Å². The van der Waals surface area contributed by atoms with Gasteiger partial charge in [0.1, 0.15) is 17.6 Å². The molecule has 1 rings (SSSR count). The number of nitrogens with one attached hydrogen (secondary N) is 1. The van der Waals surface area contributed by atoms with E-state index in [9.17, 15) is 18.0 Å². The van der Waals surface area contributed by atoms with E-state index in [2.05, 4.69) is 10.3 Å². The Labute approximate surface area is 113 Å². The Kier molecular flexibility index (Phi) is 4.23. The van der Waals surface area contributed by atoms with Gasteiger partial charge in [-0.05, 0) is 26.0 Å². The highest BCUT2D eigenvalue weighted by Gasteiger charge is 2.33. The molecule has 0 unspecified atom stereocenters. The highest BCUT2D eigenvalue weighted by atomic mass is 19.4. The number of carbonyl (C=O) groups is 1. The molecule has 1 aromatic heterocycles. The quantitative estimate of drug-likeness (QED) is 0.889. The molecule has 0 aromatic carbocycles. The summed E-state index contributed by atoms with van der Waals surface area (Å²) in [6.45, 7) is 2.98. The van der Waals surface area contributed by atoms with Crippen molar-refractivity contribution in [3.05, 3.63) is 23.4 Å². The number of hydrogen-bond acceptors (Lipinski definition) is 4. The van der Waals surface area contributed by atoms with Gasteiger partial charge < -0.3 is 10.4 Å². The van der Waals surface area contributed by atoms with Crippen molar-refractivity contribution in [2.75, 3.05) is 5.32 Å². The van der Waals surface area contributed by atoms with Gasteiger partial charge in [0, 0.05) is 5.54 Å². The first-order valence-electron chi connectivity index (χ1n) is 5.53. The first-order chi connectivity index (χ1) is 9.05. The Hall–Kier alpha value is -2.30. The lowest BCUT2D eigenvalue weighted by Crippen LogP contribution is -2.34. The monoisotopic (exact) mass is 287 g/mol. The van der Waals surface area contributed by atoms with Gasteiger partial charge in [-0.1, -0.05) is 0 Å². The third kappa shape index (κ3) is 4.12. The van der Waals surface area contributed by atoms with Gasteiger partial charge in [0.05, 0.1) is 12.0 Å². The van der Waals surface area contributed by atoms with Crippen LogP contribution in [-0.2, 0) is 11.0 Å². The van der Waals surface area contributed by atoms with Gasteiger partial charge >= 0.3 is 12.1 Å². The van der Waals surface area contributed by atoms with Crippen molar-refractivity contribution in [1.82, 2.24) is 4.98 Å². The van der Waals surface area contributed by atoms with Crippen molar-refractivity contribution in [2.24, 2.45) is 0 Å². The first-order valence-corrected chi connectivity index (χ1v) is 5.53. The molecular weight excluding hydrogens is 275 g/mol. The number of nitriles is 1. The Morgan fingerprint density at radius 2 is 2.05 bits per heavy atom. The number of nitrogens with zero attached hydrogens (tertiary/aromatic N) is 2. The van der Waals surface area contributed by atoms with Crippen molar-refractivity contribution in [3.8, 4) is 6.07 Å². The number of carboxylic acids is 1. The van der Waals surface area contributed by atoms with Crippen LogP contribution < -0.4 is 5.32 Å². The van der Waals surface area contributed by atoms with E-state index in [1.807, 2.05) is 0 Å². The minimum atomic E-state index is -4.64. The Balaban J connectivity index is 3.16. The molecule has 0 spiro atoms. The summed E-state index contributed by atoms with van der Waals surface area (Å²) in [6, 6.07) is 3.41. The van der Waals surface area contributed by atoms with E-state index in [1.54, 1.807) is 6.07 Å². The highest BCUT2D eigenvalue weighted by Crippen LogP contribution is 2.30. The summed E-state index contributed by atoms with van der Waals surface area (Å²) in [7, 11) is 0. The maximum absolute atomic E-state index is 12.6. The van der Waals surface area contributed by atoms with Gasteiger partial charge in [-0.15, -0.1) is 0 Å². The summed E-state index contributed by atoms with van der Waals surface area (Å²) in [6.07, 6.45) is -4.98. The Morgan fingerprint density at radius 1 is 1.45 bits per heavy atom. The molecule has 0 aliphatic heterocycles. The van der Waals surface area contributed by atoms with Gasteiger partial charge in [0.15, 0.2) is 0 Å². The van der Waals surface area contributed by atoms with Crippen molar-refractivity contribution in [1.29, 1.82) is 5.26 Å². The third-order valence-corrected chi connectivity index (χ3v) is 2.36. The van der Waals surface area contributed by atoms with Crippen LogP contribution in [-0.4, -0.2) is 21.6 Å². The fourth-order valence-electron chi connectivity index (χ4n) is 1.55. The van der Waals surface area contributed by atoms with Gasteiger partial charge in [0.25, 0.3) is 0 Å². The van der Waals surface area contributed by atoms with E-state index in [0.717, 1.165) is 6.07 Å². The molecule has 2 N–H and O–H groups in total. The molecule has 0 bridgehead atoms. The average molecular weight is 287 g/mol. The smallest absolute Gasteiger partial charge is 0.433 e. The topological polar surface area (TPSA) is 86.0 Å². The van der Waals surface area contributed by atoms with Crippen molar-refractivity contribution in [2.45, 2.75) is 32.0 Å². The van der Waals surface area contributed by atoms with Gasteiger partial charge in [-0.25, -0.2) is 4.98 Å². The zero-order valence-electron chi connectivity index (χ0n) is 10.7. The standard InChI is InChI=1S/C12H12F3N3O2/c1-11(2,5-9(19)20)18-10-7(6-16)3-4-8(17-10)12(13,14)15/h3-4H,5H2,1-2H3,(H,17,18)(H,19,20). The molecule has 0 saturated carbocycles. The lowest BCUT2D eigenvalue weighted by molar-refractivity contribution is -0.141. The second kappa shape index (κ2) is 5.36. The number of aromatic nitrogens is 1. The fourth-order valence-corrected chi connectivity index (χ4v) is 1.55. The predicted octanol–water partition coefficient (Wildman–Crippen LogP) is 2.64. The van der Waals surface area contributed by atoms with Crippen molar-refractivity contribution < 1.29 is 23.1 Å². The molecule has 108 valence electrons. The normalized spacial score (nSPS) is 11.8. The van der Waals surface area contributed by atoms with Crippen LogP contribution in [0.2, 0.25) is 0 Å². The van der Waals surface area contributed by atoms with Crippen LogP contribution in [0.1, 0.15) is 31.5 Å². The number of anilines is 1. The molecule has 1 aromatic rings. The van der Waals surface area contributed by atoms with Crippen molar-refractivity contribution in [3.63, 3.8) is 0 Å². The van der Waals surface area contributed by atoms with Gasteiger partial charge in [0.2, 0.25) is 0 Å². The number of hydrogen-bond donors (Lipinski definition) is 2. The molecule has 0 aliphatic rings. The Bertz CT molecular complexity index is 562. The number of pyridine rings is 1. The van der Waals surface area contributed by atoms with E-state index in [-0.39, 0.29) is 17.8 Å². The molecule has 0 amide bonds. The molecule has 0 fully saturated rings. The van der Waals surface area contributed by atoms with E-state index in [0.29, 0.717) is 6.07 Å². The zero-order chi connectivity index (χ0) is 15.6. The maximum atomic E-state index is 12.6. The first kappa shape index (κ1) is 15.8. The number of aliphatic carboxylic acids is 1. The predicted molar refractivity (Wildman–Crippen MR) is 63.9 cm³/mol. The molecule has 1 heterocycles. The lowest BCUT2D eigenvalue weighted by atomic mass is 10.0. The van der Waals surface area contributed by atoms with Gasteiger partial charge in [-0.3, -0.25) is 4.79 Å². The van der Waals surface area contributed by atoms with E-state index < -0.39 is 23.4 Å². The summed E-state index contributed by atoms with van der Waals surface area (Å²) in [5.41, 5.74) is -2.28. The van der Waals surface area contributed by atoms with E-state index in [1.165, 1.54) is 13.8 Å². The second-order valence-electron chi connectivity index (χ2n) is 4.78. The van der Waals surface area contributed by atoms with Crippen LogP contribution in [0, 0.1) is 11.3 Å². The highest BCUT2D eigenvalue weighted by molar-refractivity contribution is 5.69. The second-order valence-corrected chi connectivity index (χ2v) is 4.78. The summed E-state index contributed by atoms with van der Waals surface area (Å²) in [4.78, 5) is 14.0. The minimum Gasteiger partial charge on any atom is -0.481 e. The minimum absolute atomic E-state index is 0.0866. The Morgan fingerprint density at radius 3 is 2.50 bits per heavy atom. The van der Waals surface area contributed by atoms with E-state index >= 15 is 0 Å². The van der Waals surface area contributed by atoms with Crippen LogP contribution in [0.25, 0.3) is 0 Å². The van der Waals surface area contributed by atoms with Crippen LogP contribution in [0.5, 0.6) is 0 Å². The van der Waals surface area contributed by atoms with Crippen LogP contribution >= 0.6 is 0 Å². The lowest BCUT2D eigenvalue weighted by Gasteiger charge is -2.25. The molecule has 20 heavy (non-hydrogen) atoms. The maximum Gasteiger partial charge on any atom is 0.433 e. The van der Waals surface area contributed by atoms with E-state index in [4.69, 9.17) is 10.4 Å². The van der Waals surface area contributed by atoms with Crippen LogP contribution in [0.15, 0.2) is 12.1 Å². The molecule has 0 aliphatic carbocycles. The zero-order valence-corrected chi connectivity index (χ0v) is 10.7. The molecule has 5 nitrogen and oxygen atoms in total. The van der Waals surface area contributed by atoms with Crippen LogP contribution in [0.4, 0.5) is 19.0 Å². The summed E-state index contributed by atoms with van der Waals surface area (Å²) >= 11 is 0. The SMILES string of the molecule is CC(C)(CC(=O)O)Nc1nc(C(F)(F)F)ccc1C#N.